The van der Waals surface area contributed by atoms with Crippen molar-refractivity contribution in [1.82, 2.24) is 0 Å². The highest BCUT2D eigenvalue weighted by atomic mass is 16.5. The minimum Gasteiger partial charge on any atom is -0.495 e. The summed E-state index contributed by atoms with van der Waals surface area (Å²) in [4.78, 5) is 12.2. The lowest BCUT2D eigenvalue weighted by Gasteiger charge is -2.07. The Labute approximate surface area is 128 Å². The maximum absolute atomic E-state index is 12.2. The largest absolute Gasteiger partial charge is 0.495 e. The van der Waals surface area contributed by atoms with E-state index < -0.39 is 5.78 Å². The monoisotopic (exact) mass is 293 g/mol. The van der Waals surface area contributed by atoms with E-state index in [9.17, 15) is 4.79 Å². The maximum atomic E-state index is 12.2. The number of benzene rings is 2. The number of aryl methyl sites for hydroxylation is 1. The van der Waals surface area contributed by atoms with E-state index >= 15 is 0 Å². The predicted octanol–water partition coefficient (Wildman–Crippen LogP) is 3.18. The van der Waals surface area contributed by atoms with E-state index in [0.29, 0.717) is 17.0 Å². The van der Waals surface area contributed by atoms with Gasteiger partial charge in [0.1, 0.15) is 11.8 Å². The molecule has 2 aromatic rings. The molecule has 0 radical (unpaired) electrons. The lowest BCUT2D eigenvalue weighted by molar-refractivity contribution is 0.106. The Balaban J connectivity index is 2.22. The van der Waals surface area contributed by atoms with Crippen LogP contribution in [0.4, 0.5) is 5.69 Å². The highest BCUT2D eigenvalue weighted by Gasteiger charge is 2.14. The number of methoxy groups -OCH3 is 1. The van der Waals surface area contributed by atoms with Crippen LogP contribution in [0, 0.1) is 18.3 Å². The van der Waals surface area contributed by atoms with E-state index in [0.717, 1.165) is 5.56 Å². The molecule has 0 heterocycles. The second-order valence-corrected chi connectivity index (χ2v) is 4.58. The summed E-state index contributed by atoms with van der Waals surface area (Å²) in [7, 11) is 1.53. The summed E-state index contributed by atoms with van der Waals surface area (Å²) >= 11 is 0. The van der Waals surface area contributed by atoms with Crippen molar-refractivity contribution in [2.24, 2.45) is 5.10 Å². The molecule has 0 amide bonds. The molecule has 0 aliphatic rings. The van der Waals surface area contributed by atoms with E-state index in [1.54, 1.807) is 30.3 Å². The average Bonchev–Trinajstić information content (AvgIpc) is 2.56. The molecule has 0 bridgehead atoms. The molecular formula is C17H15N3O2. The fraction of sp³-hybridized carbons (Fsp3) is 0.118. The highest BCUT2D eigenvalue weighted by molar-refractivity contribution is 6.51. The van der Waals surface area contributed by atoms with Gasteiger partial charge < -0.3 is 4.74 Å². The molecule has 0 saturated heterocycles. The molecule has 0 atom stereocenters. The van der Waals surface area contributed by atoms with Gasteiger partial charge in [0.25, 0.3) is 0 Å². The molecule has 2 rings (SSSR count). The maximum Gasteiger partial charge on any atom is 0.223 e. The number of carbonyl (C=O) groups is 1. The summed E-state index contributed by atoms with van der Waals surface area (Å²) in [6.45, 7) is 1.93. The zero-order valence-corrected chi connectivity index (χ0v) is 12.3. The standard InChI is InChI=1S/C17H15N3O2/c1-12-7-9-13(10-8-12)17(21)15(11-18)20-19-14-5-3-4-6-16(14)22-2/h3-10,19H,1-2H3. The molecule has 2 aromatic carbocycles. The number of hydrogen-bond acceptors (Lipinski definition) is 5. The van der Waals surface area contributed by atoms with Gasteiger partial charge in [0.2, 0.25) is 11.5 Å². The summed E-state index contributed by atoms with van der Waals surface area (Å²) in [5, 5.41) is 13.0. The smallest absolute Gasteiger partial charge is 0.223 e. The number of Topliss-reactive ketones (excluding diaryl/α,β-unsaturated/α-hetero) is 1. The minimum atomic E-state index is -0.426. The van der Waals surface area contributed by atoms with Crippen LogP contribution in [0.3, 0.4) is 0 Å². The molecule has 0 fully saturated rings. The first-order chi connectivity index (χ1) is 10.7. The number of ketones is 1. The van der Waals surface area contributed by atoms with Crippen molar-refractivity contribution >= 4 is 17.2 Å². The van der Waals surface area contributed by atoms with Crippen LogP contribution in [0.15, 0.2) is 53.6 Å². The summed E-state index contributed by atoms with van der Waals surface area (Å²) in [5.41, 5.74) is 4.53. The zero-order chi connectivity index (χ0) is 15.9. The number of para-hydroxylation sites is 2. The third-order valence-corrected chi connectivity index (χ3v) is 3.03. The topological polar surface area (TPSA) is 74.5 Å². The number of nitriles is 1. The zero-order valence-electron chi connectivity index (χ0n) is 12.3. The molecule has 0 unspecified atom stereocenters. The van der Waals surface area contributed by atoms with Gasteiger partial charge in [0, 0.05) is 5.56 Å². The first-order valence-corrected chi connectivity index (χ1v) is 6.64. The molecule has 5 heteroatoms. The predicted molar refractivity (Wildman–Crippen MR) is 85.2 cm³/mol. The lowest BCUT2D eigenvalue weighted by atomic mass is 10.1. The first kappa shape index (κ1) is 15.3. The van der Waals surface area contributed by atoms with Crippen LogP contribution in [-0.2, 0) is 0 Å². The number of hydrogen-bond donors (Lipinski definition) is 1. The fourth-order valence-corrected chi connectivity index (χ4v) is 1.82. The number of carbonyl (C=O) groups excluding carboxylic acids is 1. The second kappa shape index (κ2) is 7.04. The van der Waals surface area contributed by atoms with Crippen LogP contribution in [0.25, 0.3) is 0 Å². The van der Waals surface area contributed by atoms with Gasteiger partial charge in [-0.05, 0) is 19.1 Å². The van der Waals surface area contributed by atoms with Crippen LogP contribution >= 0.6 is 0 Å². The third-order valence-electron chi connectivity index (χ3n) is 3.03. The van der Waals surface area contributed by atoms with Crippen molar-refractivity contribution in [3.8, 4) is 11.8 Å². The Morgan fingerprint density at radius 2 is 1.86 bits per heavy atom. The van der Waals surface area contributed by atoms with Crippen molar-refractivity contribution < 1.29 is 9.53 Å². The summed E-state index contributed by atoms with van der Waals surface area (Å²) in [6.07, 6.45) is 0. The number of ether oxygens (including phenoxy) is 1. The Bertz CT molecular complexity index is 743. The minimum absolute atomic E-state index is 0.213. The van der Waals surface area contributed by atoms with Crippen LogP contribution in [0.5, 0.6) is 5.75 Å². The van der Waals surface area contributed by atoms with Gasteiger partial charge in [0.15, 0.2) is 0 Å². The van der Waals surface area contributed by atoms with Gasteiger partial charge in [-0.2, -0.15) is 10.4 Å². The highest BCUT2D eigenvalue weighted by Crippen LogP contribution is 2.22. The number of nitrogens with one attached hydrogen (secondary N) is 1. The lowest BCUT2D eigenvalue weighted by Crippen LogP contribution is -2.14. The molecule has 22 heavy (non-hydrogen) atoms. The number of nitrogens with zero attached hydrogens (tertiary/aromatic N) is 2. The molecule has 0 aromatic heterocycles. The quantitative estimate of drug-likeness (QED) is 0.522. The number of rotatable bonds is 5. The summed E-state index contributed by atoms with van der Waals surface area (Å²) < 4.78 is 5.17. The Morgan fingerprint density at radius 1 is 1.18 bits per heavy atom. The van der Waals surface area contributed by atoms with Crippen LogP contribution in [0.1, 0.15) is 15.9 Å². The van der Waals surface area contributed by atoms with Crippen molar-refractivity contribution in [3.05, 3.63) is 59.7 Å². The first-order valence-electron chi connectivity index (χ1n) is 6.64. The van der Waals surface area contributed by atoms with E-state index in [2.05, 4.69) is 10.5 Å². The van der Waals surface area contributed by atoms with E-state index in [4.69, 9.17) is 10.00 Å². The normalized spacial score (nSPS) is 10.7. The molecule has 1 N–H and O–H groups in total. The van der Waals surface area contributed by atoms with Gasteiger partial charge >= 0.3 is 0 Å². The summed E-state index contributed by atoms with van der Waals surface area (Å²) in [5.74, 6) is 0.149. The average molecular weight is 293 g/mol. The molecule has 0 saturated carbocycles. The van der Waals surface area contributed by atoms with E-state index in [1.165, 1.54) is 7.11 Å². The Morgan fingerprint density at radius 3 is 2.50 bits per heavy atom. The summed E-state index contributed by atoms with van der Waals surface area (Å²) in [6, 6.07) is 15.9. The van der Waals surface area contributed by atoms with E-state index in [1.807, 2.05) is 31.2 Å². The Hall–Kier alpha value is -3.13. The molecule has 0 aliphatic carbocycles. The molecule has 5 nitrogen and oxygen atoms in total. The third kappa shape index (κ3) is 3.49. The van der Waals surface area contributed by atoms with E-state index in [-0.39, 0.29) is 5.71 Å². The Kier molecular flexibility index (Phi) is 4.89. The fourth-order valence-electron chi connectivity index (χ4n) is 1.82. The van der Waals surface area contributed by atoms with Gasteiger partial charge in [0.05, 0.1) is 12.8 Å². The number of anilines is 1. The van der Waals surface area contributed by atoms with Crippen molar-refractivity contribution in [3.63, 3.8) is 0 Å². The molecule has 0 aliphatic heterocycles. The van der Waals surface area contributed by atoms with Crippen molar-refractivity contribution in [1.29, 1.82) is 5.26 Å². The second-order valence-electron chi connectivity index (χ2n) is 4.58. The molecular weight excluding hydrogens is 278 g/mol. The SMILES string of the molecule is COc1ccccc1NN=C(C#N)C(=O)c1ccc(C)cc1. The van der Waals surface area contributed by atoms with Crippen LogP contribution in [-0.4, -0.2) is 18.6 Å². The van der Waals surface area contributed by atoms with Gasteiger partial charge in [-0.25, -0.2) is 0 Å². The molecule has 0 spiro atoms. The number of hydrazone groups is 1. The van der Waals surface area contributed by atoms with Crippen molar-refractivity contribution in [2.45, 2.75) is 6.92 Å². The van der Waals surface area contributed by atoms with Crippen LogP contribution < -0.4 is 10.2 Å². The van der Waals surface area contributed by atoms with Crippen molar-refractivity contribution in [2.75, 3.05) is 12.5 Å². The van der Waals surface area contributed by atoms with Gasteiger partial charge in [-0.15, -0.1) is 0 Å². The van der Waals surface area contributed by atoms with Gasteiger partial charge in [-0.3, -0.25) is 10.2 Å². The molecule has 110 valence electrons. The van der Waals surface area contributed by atoms with Gasteiger partial charge in [-0.1, -0.05) is 42.0 Å². The van der Waals surface area contributed by atoms with Crippen LogP contribution in [0.2, 0.25) is 0 Å².